The van der Waals surface area contributed by atoms with Gasteiger partial charge in [-0.15, -0.1) is 13.2 Å². The van der Waals surface area contributed by atoms with Crippen molar-refractivity contribution in [3.8, 4) is 16.9 Å². The largest absolute Gasteiger partial charge is 0.573 e. The van der Waals surface area contributed by atoms with E-state index in [2.05, 4.69) is 19.5 Å². The number of rotatable bonds is 3. The number of alkyl halides is 3. The third kappa shape index (κ3) is 3.89. The monoisotopic (exact) mass is 478 g/mol. The summed E-state index contributed by atoms with van der Waals surface area (Å²) in [5.74, 6) is -0.329. The van der Waals surface area contributed by atoms with E-state index in [0.29, 0.717) is 21.2 Å². The molecule has 0 spiro atoms. The summed E-state index contributed by atoms with van der Waals surface area (Å²) in [5.41, 5.74) is 1.70. The zero-order valence-electron chi connectivity index (χ0n) is 15.1. The van der Waals surface area contributed by atoms with E-state index >= 15 is 0 Å². The van der Waals surface area contributed by atoms with Crippen molar-refractivity contribution in [1.82, 2.24) is 0 Å². The van der Waals surface area contributed by atoms with E-state index in [-0.39, 0.29) is 11.3 Å². The molecule has 7 heteroatoms. The van der Waals surface area contributed by atoms with Crippen LogP contribution in [0.5, 0.6) is 5.75 Å². The molecule has 0 bridgehead atoms. The lowest BCUT2D eigenvalue weighted by atomic mass is 9.92. The van der Waals surface area contributed by atoms with Crippen molar-refractivity contribution in [2.24, 2.45) is 0 Å². The van der Waals surface area contributed by atoms with Gasteiger partial charge in [0, 0.05) is 25.9 Å². The van der Waals surface area contributed by atoms with Gasteiger partial charge in [-0.3, -0.25) is 0 Å². The average Bonchev–Trinajstić information content (AvgIpc) is 2.66. The number of hydrogen-bond donors (Lipinski definition) is 0. The van der Waals surface area contributed by atoms with Gasteiger partial charge in [0.1, 0.15) is 15.0 Å². The van der Waals surface area contributed by atoms with Gasteiger partial charge in [-0.2, -0.15) is 0 Å². The topological polar surface area (TPSA) is 26.3 Å². The second-order valence-corrected chi connectivity index (χ2v) is 9.25. The first kappa shape index (κ1) is 19.9. The fourth-order valence-corrected chi connectivity index (χ4v) is 4.90. The van der Waals surface area contributed by atoms with E-state index in [9.17, 15) is 17.4 Å². The fourth-order valence-electron chi connectivity index (χ4n) is 3.54. The van der Waals surface area contributed by atoms with Gasteiger partial charge in [0.15, 0.2) is 0 Å². The molecule has 0 radical (unpaired) electrons. The number of hydrogen-bond acceptors (Lipinski definition) is 2. The van der Waals surface area contributed by atoms with Crippen LogP contribution in [0.3, 0.4) is 0 Å². The molecular weight excluding hydrogens is 465 g/mol. The van der Waals surface area contributed by atoms with Gasteiger partial charge in [0.2, 0.25) is 0 Å². The van der Waals surface area contributed by atoms with E-state index in [4.69, 9.17) is 0 Å². The Balaban J connectivity index is 2.19. The first-order chi connectivity index (χ1) is 13.7. The molecule has 0 heterocycles. The highest BCUT2D eigenvalue weighted by atomic mass is 79.9. The van der Waals surface area contributed by atoms with E-state index in [1.54, 1.807) is 36.4 Å². The minimum absolute atomic E-state index is 0.263. The number of halogens is 4. The van der Waals surface area contributed by atoms with Gasteiger partial charge in [0.05, 0.1) is 4.90 Å². The molecule has 0 aliphatic carbocycles. The Morgan fingerprint density at radius 3 is 2.28 bits per heavy atom. The third-order valence-electron chi connectivity index (χ3n) is 4.68. The van der Waals surface area contributed by atoms with Crippen molar-refractivity contribution in [2.75, 3.05) is 0 Å². The van der Waals surface area contributed by atoms with E-state index in [0.717, 1.165) is 16.3 Å². The Bertz CT molecular complexity index is 1270. The van der Waals surface area contributed by atoms with Gasteiger partial charge in [-0.1, -0.05) is 60.2 Å². The van der Waals surface area contributed by atoms with Crippen LogP contribution in [0, 0.1) is 6.92 Å². The maximum atomic E-state index is 13.2. The highest BCUT2D eigenvalue weighted by Crippen LogP contribution is 2.45. The Morgan fingerprint density at radius 1 is 0.862 bits per heavy atom. The van der Waals surface area contributed by atoms with Crippen molar-refractivity contribution in [3.63, 3.8) is 0 Å². The van der Waals surface area contributed by atoms with Gasteiger partial charge < -0.3 is 4.74 Å². The van der Waals surface area contributed by atoms with Gasteiger partial charge in [0.25, 0.3) is 0 Å². The molecule has 0 fully saturated rings. The molecular formula is C22H14BrF3O2S. The highest BCUT2D eigenvalue weighted by molar-refractivity contribution is 9.46. The van der Waals surface area contributed by atoms with Crippen LogP contribution in [0.25, 0.3) is 32.7 Å². The second-order valence-electron chi connectivity index (χ2n) is 6.59. The molecule has 0 aromatic heterocycles. The quantitative estimate of drug-likeness (QED) is 0.289. The smallest absolute Gasteiger partial charge is 0.405 e. The minimum Gasteiger partial charge on any atom is -0.405 e. The molecule has 4 aromatic carbocycles. The predicted molar refractivity (Wildman–Crippen MR) is 114 cm³/mol. The number of ether oxygens (including phenoxy) is 1. The molecule has 29 heavy (non-hydrogen) atoms. The van der Waals surface area contributed by atoms with Crippen LogP contribution >= 0.6 is 14.8 Å². The summed E-state index contributed by atoms with van der Waals surface area (Å²) < 4.78 is 56.4. The Morgan fingerprint density at radius 2 is 1.55 bits per heavy atom. The molecule has 1 atom stereocenters. The van der Waals surface area contributed by atoms with Crippen molar-refractivity contribution < 1.29 is 22.1 Å². The van der Waals surface area contributed by atoms with Gasteiger partial charge >= 0.3 is 6.36 Å². The van der Waals surface area contributed by atoms with Crippen LogP contribution in [-0.4, -0.2) is 10.6 Å². The molecule has 1 unspecified atom stereocenters. The lowest BCUT2D eigenvalue weighted by molar-refractivity contribution is -0.274. The first-order valence-electron chi connectivity index (χ1n) is 8.64. The van der Waals surface area contributed by atoms with Crippen LogP contribution < -0.4 is 4.74 Å². The zero-order valence-corrected chi connectivity index (χ0v) is 17.5. The van der Waals surface area contributed by atoms with Crippen molar-refractivity contribution in [2.45, 2.75) is 18.2 Å². The number of benzene rings is 4. The first-order valence-corrected chi connectivity index (χ1v) is 11.6. The summed E-state index contributed by atoms with van der Waals surface area (Å²) >= 11 is 3.09. The lowest BCUT2D eigenvalue weighted by Crippen LogP contribution is -2.17. The normalized spacial score (nSPS) is 13.0. The summed E-state index contributed by atoms with van der Waals surface area (Å²) in [6.07, 6.45) is -4.86. The maximum absolute atomic E-state index is 13.2. The Labute approximate surface area is 175 Å². The zero-order chi connectivity index (χ0) is 20.8. The molecule has 0 aliphatic rings. The van der Waals surface area contributed by atoms with Crippen LogP contribution in [-0.2, 0) is 9.23 Å². The van der Waals surface area contributed by atoms with Crippen molar-refractivity contribution in [1.29, 1.82) is 0 Å². The van der Waals surface area contributed by atoms with Crippen molar-refractivity contribution in [3.05, 3.63) is 72.3 Å². The van der Waals surface area contributed by atoms with Gasteiger partial charge in [-0.25, -0.2) is 4.21 Å². The second kappa shape index (κ2) is 7.46. The molecule has 4 rings (SSSR count). The van der Waals surface area contributed by atoms with Crippen LogP contribution in [0.2, 0.25) is 0 Å². The minimum atomic E-state index is -4.86. The van der Waals surface area contributed by atoms with E-state index < -0.39 is 15.6 Å². The van der Waals surface area contributed by atoms with Crippen LogP contribution in [0.4, 0.5) is 13.2 Å². The summed E-state index contributed by atoms with van der Waals surface area (Å²) in [6.45, 7) is 1.91. The Kier molecular flexibility index (Phi) is 5.12. The Hall–Kier alpha value is -2.38. The van der Waals surface area contributed by atoms with Crippen LogP contribution in [0.1, 0.15) is 5.56 Å². The van der Waals surface area contributed by atoms with E-state index in [1.807, 2.05) is 31.2 Å². The van der Waals surface area contributed by atoms with E-state index in [1.165, 1.54) is 6.07 Å². The third-order valence-corrected chi connectivity index (χ3v) is 6.41. The summed E-state index contributed by atoms with van der Waals surface area (Å²) in [6, 6.07) is 19.2. The molecule has 148 valence electrons. The maximum Gasteiger partial charge on any atom is 0.573 e. The summed E-state index contributed by atoms with van der Waals surface area (Å²) in [7, 11) is -1.60. The number of aryl methyl sites for hydroxylation is 1. The highest BCUT2D eigenvalue weighted by Gasteiger charge is 2.33. The standard InChI is InChI=1S/C22H14BrF3O2S/c1-13-6-9-17-15(12-13)7-10-18(28-22(24,25)26)20(17)21-16-5-3-2-4-14(16)8-11-19(21)29(23)27/h2-12H,1H3. The summed E-state index contributed by atoms with van der Waals surface area (Å²) in [5, 5.41) is 2.88. The van der Waals surface area contributed by atoms with Crippen molar-refractivity contribution >= 4 is 45.6 Å². The molecule has 0 saturated carbocycles. The average molecular weight is 479 g/mol. The molecule has 0 amide bonds. The molecule has 0 N–H and O–H groups in total. The molecule has 0 aliphatic heterocycles. The summed E-state index contributed by atoms with van der Waals surface area (Å²) in [4.78, 5) is 0.379. The fraction of sp³-hybridized carbons (Fsp3) is 0.0909. The predicted octanol–water partition coefficient (Wildman–Crippen LogP) is 7.28. The molecule has 0 saturated heterocycles. The van der Waals surface area contributed by atoms with Crippen LogP contribution in [0.15, 0.2) is 71.6 Å². The van der Waals surface area contributed by atoms with Gasteiger partial charge in [-0.05, 0) is 40.6 Å². The molecule has 2 nitrogen and oxygen atoms in total. The SMILES string of the molecule is Cc1ccc2c(-c3c(S(=O)Br)ccc4ccccc34)c(OC(F)(F)F)ccc2c1. The molecule has 4 aromatic rings. The lowest BCUT2D eigenvalue weighted by Gasteiger charge is -2.19. The number of fused-ring (bicyclic) bond motifs is 2.